The second kappa shape index (κ2) is 8.45. The lowest BCUT2D eigenvalue weighted by Crippen LogP contribution is -2.52. The van der Waals surface area contributed by atoms with Crippen LogP contribution in [0.2, 0.25) is 0 Å². The third-order valence-corrected chi connectivity index (χ3v) is 8.36. The van der Waals surface area contributed by atoms with Crippen molar-refractivity contribution < 1.29 is 27.5 Å². The topological polar surface area (TPSA) is 84.4 Å². The van der Waals surface area contributed by atoms with E-state index in [9.17, 15) is 22.8 Å². The predicted octanol–water partition coefficient (Wildman–Crippen LogP) is 4.73. The Kier molecular flexibility index (Phi) is 5.46. The smallest absolute Gasteiger partial charge is 0.406 e. The van der Waals surface area contributed by atoms with Crippen LogP contribution in [0, 0.1) is 23.2 Å². The molecule has 10 heteroatoms. The molecule has 4 saturated carbocycles. The lowest BCUT2D eigenvalue weighted by Gasteiger charge is -2.55. The Labute approximate surface area is 206 Å². The lowest BCUT2D eigenvalue weighted by molar-refractivity contribution is -0.274. The van der Waals surface area contributed by atoms with Gasteiger partial charge in [-0.25, -0.2) is 9.97 Å². The summed E-state index contributed by atoms with van der Waals surface area (Å²) in [7, 11) is 0. The predicted molar refractivity (Wildman–Crippen MR) is 123 cm³/mol. The molecular weight excluding hydrogens is 473 g/mol. The van der Waals surface area contributed by atoms with Crippen molar-refractivity contribution in [2.75, 3.05) is 11.9 Å². The van der Waals surface area contributed by atoms with Gasteiger partial charge in [0.1, 0.15) is 17.9 Å². The first-order valence-electron chi connectivity index (χ1n) is 12.5. The molecule has 0 atom stereocenters. The van der Waals surface area contributed by atoms with Gasteiger partial charge in [0.25, 0.3) is 5.91 Å². The van der Waals surface area contributed by atoms with Gasteiger partial charge in [0.05, 0.1) is 17.7 Å². The van der Waals surface area contributed by atoms with E-state index in [4.69, 9.17) is 0 Å². The number of alkyl halides is 3. The highest BCUT2D eigenvalue weighted by atomic mass is 19.4. The Morgan fingerprint density at radius 3 is 2.42 bits per heavy atom. The maximum absolute atomic E-state index is 13.5. The number of amides is 2. The van der Waals surface area contributed by atoms with E-state index < -0.39 is 18.0 Å². The number of carbonyl (C=O) groups excluding carboxylic acids is 2. The van der Waals surface area contributed by atoms with Gasteiger partial charge in [-0.3, -0.25) is 9.59 Å². The highest BCUT2D eigenvalue weighted by Gasteiger charge is 2.54. The highest BCUT2D eigenvalue weighted by Crippen LogP contribution is 2.60. The largest absolute Gasteiger partial charge is 0.573 e. The molecule has 2 heterocycles. The van der Waals surface area contributed by atoms with Crippen molar-refractivity contribution in [3.05, 3.63) is 47.4 Å². The van der Waals surface area contributed by atoms with Crippen LogP contribution in [0.3, 0.4) is 0 Å². The van der Waals surface area contributed by atoms with Gasteiger partial charge in [0, 0.05) is 17.7 Å². The number of nitrogens with one attached hydrogen (secondary N) is 1. The summed E-state index contributed by atoms with van der Waals surface area (Å²) in [4.78, 5) is 36.8. The van der Waals surface area contributed by atoms with Crippen LogP contribution in [0.1, 0.15) is 60.1 Å². The van der Waals surface area contributed by atoms with E-state index in [2.05, 4.69) is 20.0 Å². The number of nitrogens with zero attached hydrogens (tertiary/aromatic N) is 3. The van der Waals surface area contributed by atoms with Crippen molar-refractivity contribution in [3.8, 4) is 5.75 Å². The average molecular weight is 501 g/mol. The molecule has 190 valence electrons. The van der Waals surface area contributed by atoms with Crippen LogP contribution in [0.25, 0.3) is 0 Å². The maximum Gasteiger partial charge on any atom is 0.573 e. The molecule has 0 unspecified atom stereocenters. The van der Waals surface area contributed by atoms with Crippen molar-refractivity contribution in [2.24, 2.45) is 23.2 Å². The van der Waals surface area contributed by atoms with E-state index in [-0.39, 0.29) is 23.4 Å². The minimum Gasteiger partial charge on any atom is -0.406 e. The summed E-state index contributed by atoms with van der Waals surface area (Å²) in [6.45, 7) is 0.519. The first-order chi connectivity index (χ1) is 17.2. The highest BCUT2D eigenvalue weighted by molar-refractivity contribution is 5.96. The number of carbonyl (C=O) groups is 2. The number of benzene rings is 1. The van der Waals surface area contributed by atoms with E-state index in [0.29, 0.717) is 42.2 Å². The lowest BCUT2D eigenvalue weighted by atomic mass is 9.49. The van der Waals surface area contributed by atoms with Crippen molar-refractivity contribution in [1.82, 2.24) is 14.9 Å². The summed E-state index contributed by atoms with van der Waals surface area (Å²) in [6.07, 6.45) is 3.63. The fourth-order valence-corrected chi connectivity index (χ4v) is 7.27. The van der Waals surface area contributed by atoms with Crippen LogP contribution in [0.15, 0.2) is 30.6 Å². The molecule has 4 fully saturated rings. The second-order valence-corrected chi connectivity index (χ2v) is 10.9. The van der Waals surface area contributed by atoms with E-state index >= 15 is 0 Å². The molecule has 5 aliphatic rings. The summed E-state index contributed by atoms with van der Waals surface area (Å²) in [5.74, 6) is 1.67. The quantitative estimate of drug-likeness (QED) is 0.656. The fraction of sp³-hybridized carbons (Fsp3) is 0.538. The number of rotatable bonds is 4. The number of halogens is 3. The maximum atomic E-state index is 13.5. The summed E-state index contributed by atoms with van der Waals surface area (Å²) in [5, 5.41) is 3.12. The molecule has 4 bridgehead atoms. The normalized spacial score (nSPS) is 28.5. The Bertz CT molecular complexity index is 1180. The van der Waals surface area contributed by atoms with Crippen molar-refractivity contribution >= 4 is 17.6 Å². The first kappa shape index (κ1) is 23.2. The molecule has 7 rings (SSSR count). The molecule has 36 heavy (non-hydrogen) atoms. The van der Waals surface area contributed by atoms with Crippen LogP contribution in [0.4, 0.5) is 19.0 Å². The minimum atomic E-state index is -4.83. The van der Waals surface area contributed by atoms with Crippen molar-refractivity contribution in [1.29, 1.82) is 0 Å². The van der Waals surface area contributed by atoms with Gasteiger partial charge < -0.3 is 15.0 Å². The van der Waals surface area contributed by atoms with Crippen molar-refractivity contribution in [2.45, 2.75) is 57.9 Å². The van der Waals surface area contributed by atoms with E-state index in [1.807, 2.05) is 0 Å². The molecule has 1 aromatic carbocycles. The van der Waals surface area contributed by atoms with E-state index in [1.54, 1.807) is 0 Å². The van der Waals surface area contributed by atoms with Crippen LogP contribution >= 0.6 is 0 Å². The van der Waals surface area contributed by atoms with E-state index in [1.165, 1.54) is 42.6 Å². The zero-order chi connectivity index (χ0) is 25.1. The Balaban J connectivity index is 1.17. The molecule has 2 aromatic rings. The summed E-state index contributed by atoms with van der Waals surface area (Å²) in [6, 6.07) is 5.05. The van der Waals surface area contributed by atoms with Crippen LogP contribution in [0.5, 0.6) is 5.75 Å². The van der Waals surface area contributed by atoms with Crippen LogP contribution in [-0.2, 0) is 17.8 Å². The zero-order valence-corrected chi connectivity index (χ0v) is 19.7. The summed E-state index contributed by atoms with van der Waals surface area (Å²) in [5.41, 5.74) is 1.25. The number of ether oxygens (including phenoxy) is 1. The third-order valence-electron chi connectivity index (χ3n) is 8.36. The van der Waals surface area contributed by atoms with Gasteiger partial charge in [-0.05, 0) is 80.9 Å². The van der Waals surface area contributed by atoms with Crippen molar-refractivity contribution in [3.63, 3.8) is 0 Å². The molecule has 1 aromatic heterocycles. The van der Waals surface area contributed by atoms with Crippen LogP contribution < -0.4 is 10.1 Å². The van der Waals surface area contributed by atoms with Gasteiger partial charge in [-0.1, -0.05) is 6.07 Å². The first-order valence-corrected chi connectivity index (χ1v) is 12.5. The monoisotopic (exact) mass is 500 g/mol. The number of hydrogen-bond acceptors (Lipinski definition) is 5. The fourth-order valence-electron chi connectivity index (χ4n) is 7.27. The van der Waals surface area contributed by atoms with Gasteiger partial charge in [0.2, 0.25) is 5.91 Å². The number of hydrogen-bond donors (Lipinski definition) is 1. The molecule has 1 N–H and O–H groups in total. The SMILES string of the molecule is O=C(c1cccc(OC(F)(F)F)c1)N1CCc2c(ncnc2NC(=O)C23CC4CC(CC(C4)C2)C3)C1. The molecule has 1 aliphatic heterocycles. The second-order valence-electron chi connectivity index (χ2n) is 10.9. The Hall–Kier alpha value is -3.17. The molecule has 7 nitrogen and oxygen atoms in total. The van der Waals surface area contributed by atoms with Crippen LogP contribution in [-0.4, -0.2) is 39.6 Å². The zero-order valence-electron chi connectivity index (χ0n) is 19.7. The number of anilines is 1. The molecule has 0 spiro atoms. The van der Waals surface area contributed by atoms with Gasteiger partial charge >= 0.3 is 6.36 Å². The molecule has 0 saturated heterocycles. The average Bonchev–Trinajstić information content (AvgIpc) is 2.81. The van der Waals surface area contributed by atoms with Gasteiger partial charge in [-0.15, -0.1) is 13.2 Å². The Morgan fingerprint density at radius 1 is 1.06 bits per heavy atom. The van der Waals surface area contributed by atoms with Gasteiger partial charge in [-0.2, -0.15) is 0 Å². The Morgan fingerprint density at radius 2 is 1.75 bits per heavy atom. The minimum absolute atomic E-state index is 0.0579. The summed E-state index contributed by atoms with van der Waals surface area (Å²) >= 11 is 0. The molecule has 4 aliphatic carbocycles. The standard InChI is InChI=1S/C26H27F3N4O3/c27-26(28,29)36-19-3-1-2-18(9-19)23(34)33-5-4-20-21(13-33)30-14-31-22(20)32-24(35)25-10-15-6-16(11-25)8-17(7-15)12-25/h1-3,9,14-17H,4-8,10-13H2,(H,30,31,32,35). The van der Waals surface area contributed by atoms with Gasteiger partial charge in [0.15, 0.2) is 0 Å². The number of fused-ring (bicyclic) bond motifs is 1. The van der Waals surface area contributed by atoms with E-state index in [0.717, 1.165) is 37.0 Å². The molecule has 0 radical (unpaired) electrons. The number of aromatic nitrogens is 2. The third kappa shape index (κ3) is 4.30. The molecule has 2 amide bonds. The summed E-state index contributed by atoms with van der Waals surface area (Å²) < 4.78 is 41.7. The molecular formula is C26H27F3N4O3.